The van der Waals surface area contributed by atoms with Gasteiger partial charge in [0, 0.05) is 16.7 Å². The molecular formula is C13H11NO2S. The SMILES string of the molecule is COc1ccc(Sc2ccc(C=O)cn2)cc1. The summed E-state index contributed by atoms with van der Waals surface area (Å²) in [6, 6.07) is 11.3. The van der Waals surface area contributed by atoms with E-state index in [2.05, 4.69) is 4.98 Å². The number of rotatable bonds is 4. The van der Waals surface area contributed by atoms with Gasteiger partial charge in [-0.25, -0.2) is 4.98 Å². The minimum Gasteiger partial charge on any atom is -0.497 e. The van der Waals surface area contributed by atoms with Gasteiger partial charge in [0.2, 0.25) is 0 Å². The van der Waals surface area contributed by atoms with Gasteiger partial charge >= 0.3 is 0 Å². The lowest BCUT2D eigenvalue weighted by atomic mass is 10.3. The standard InChI is InChI=1S/C13H11NO2S/c1-16-11-3-5-12(6-4-11)17-13-7-2-10(9-15)8-14-13/h2-9H,1H3. The fraction of sp³-hybridized carbons (Fsp3) is 0.0769. The third kappa shape index (κ3) is 3.07. The van der Waals surface area contributed by atoms with Crippen molar-refractivity contribution >= 4 is 18.0 Å². The quantitative estimate of drug-likeness (QED) is 0.776. The van der Waals surface area contributed by atoms with Crippen LogP contribution in [0.15, 0.2) is 52.5 Å². The average molecular weight is 245 g/mol. The van der Waals surface area contributed by atoms with Crippen molar-refractivity contribution in [1.29, 1.82) is 0 Å². The molecule has 0 amide bonds. The summed E-state index contributed by atoms with van der Waals surface area (Å²) in [4.78, 5) is 15.8. The molecule has 0 aliphatic heterocycles. The Hall–Kier alpha value is -1.81. The minimum absolute atomic E-state index is 0.587. The molecule has 0 saturated carbocycles. The van der Waals surface area contributed by atoms with Crippen molar-refractivity contribution in [3.63, 3.8) is 0 Å². The molecule has 1 aromatic heterocycles. The van der Waals surface area contributed by atoms with E-state index in [1.165, 1.54) is 0 Å². The highest BCUT2D eigenvalue weighted by molar-refractivity contribution is 7.99. The van der Waals surface area contributed by atoms with Gasteiger partial charge in [-0.1, -0.05) is 11.8 Å². The summed E-state index contributed by atoms with van der Waals surface area (Å²) in [5.74, 6) is 0.832. The fourth-order valence-corrected chi connectivity index (χ4v) is 2.04. The van der Waals surface area contributed by atoms with E-state index in [-0.39, 0.29) is 0 Å². The van der Waals surface area contributed by atoms with E-state index in [1.807, 2.05) is 30.3 Å². The highest BCUT2D eigenvalue weighted by Gasteiger charge is 1.99. The van der Waals surface area contributed by atoms with Crippen LogP contribution >= 0.6 is 11.8 Å². The highest BCUT2D eigenvalue weighted by atomic mass is 32.2. The molecule has 0 spiro atoms. The number of ether oxygens (including phenoxy) is 1. The Kier molecular flexibility index (Phi) is 3.77. The van der Waals surface area contributed by atoms with E-state index in [1.54, 1.807) is 31.1 Å². The van der Waals surface area contributed by atoms with Crippen LogP contribution in [0.5, 0.6) is 5.75 Å². The van der Waals surface area contributed by atoms with E-state index >= 15 is 0 Å². The Morgan fingerprint density at radius 3 is 2.47 bits per heavy atom. The van der Waals surface area contributed by atoms with E-state index in [4.69, 9.17) is 4.74 Å². The number of hydrogen-bond donors (Lipinski definition) is 0. The molecular weight excluding hydrogens is 234 g/mol. The van der Waals surface area contributed by atoms with E-state index in [0.29, 0.717) is 5.56 Å². The van der Waals surface area contributed by atoms with Gasteiger partial charge in [0.25, 0.3) is 0 Å². The van der Waals surface area contributed by atoms with Crippen LogP contribution in [0.25, 0.3) is 0 Å². The number of benzene rings is 1. The second-order valence-corrected chi connectivity index (χ2v) is 4.42. The maximum absolute atomic E-state index is 10.5. The van der Waals surface area contributed by atoms with Crippen molar-refractivity contribution in [2.75, 3.05) is 7.11 Å². The summed E-state index contributed by atoms with van der Waals surface area (Å²) < 4.78 is 5.09. The Balaban J connectivity index is 2.10. The average Bonchev–Trinajstić information content (AvgIpc) is 2.40. The summed E-state index contributed by atoms with van der Waals surface area (Å²) >= 11 is 1.54. The lowest BCUT2D eigenvalue weighted by molar-refractivity contribution is 0.112. The molecule has 2 aromatic rings. The summed E-state index contributed by atoms with van der Waals surface area (Å²) in [6.07, 6.45) is 2.35. The predicted octanol–water partition coefficient (Wildman–Crippen LogP) is 3.05. The molecule has 3 nitrogen and oxygen atoms in total. The number of pyridine rings is 1. The zero-order valence-corrected chi connectivity index (χ0v) is 10.1. The first kappa shape index (κ1) is 11.7. The molecule has 0 radical (unpaired) electrons. The third-order valence-corrected chi connectivity index (χ3v) is 3.14. The number of methoxy groups -OCH3 is 1. The minimum atomic E-state index is 0.587. The molecule has 0 unspecified atom stereocenters. The Labute approximate surface area is 104 Å². The molecule has 2 rings (SSSR count). The van der Waals surface area contributed by atoms with Gasteiger partial charge in [-0.05, 0) is 36.4 Å². The Morgan fingerprint density at radius 2 is 1.94 bits per heavy atom. The molecule has 0 aliphatic rings. The van der Waals surface area contributed by atoms with Gasteiger partial charge in [0.15, 0.2) is 6.29 Å². The van der Waals surface area contributed by atoms with E-state index in [0.717, 1.165) is 22.0 Å². The Morgan fingerprint density at radius 1 is 1.18 bits per heavy atom. The number of carbonyl (C=O) groups is 1. The summed E-state index contributed by atoms with van der Waals surface area (Å²) in [7, 11) is 1.64. The van der Waals surface area contributed by atoms with E-state index in [9.17, 15) is 4.79 Å². The number of aromatic nitrogens is 1. The monoisotopic (exact) mass is 245 g/mol. The first-order chi connectivity index (χ1) is 8.31. The van der Waals surface area contributed by atoms with Crippen LogP contribution in [0.4, 0.5) is 0 Å². The number of hydrogen-bond acceptors (Lipinski definition) is 4. The van der Waals surface area contributed by atoms with Crippen molar-refractivity contribution in [1.82, 2.24) is 4.98 Å². The topological polar surface area (TPSA) is 39.2 Å². The lowest BCUT2D eigenvalue weighted by Gasteiger charge is -2.02. The van der Waals surface area contributed by atoms with Crippen molar-refractivity contribution in [3.8, 4) is 5.75 Å². The third-order valence-electron chi connectivity index (χ3n) is 2.18. The fourth-order valence-electron chi connectivity index (χ4n) is 1.29. The summed E-state index contributed by atoms with van der Waals surface area (Å²) in [5.41, 5.74) is 0.587. The zero-order chi connectivity index (χ0) is 12.1. The van der Waals surface area contributed by atoms with Crippen molar-refractivity contribution < 1.29 is 9.53 Å². The van der Waals surface area contributed by atoms with Crippen LogP contribution in [0.2, 0.25) is 0 Å². The molecule has 0 atom stereocenters. The molecule has 0 bridgehead atoms. The van der Waals surface area contributed by atoms with Gasteiger partial charge in [0.05, 0.1) is 7.11 Å². The van der Waals surface area contributed by atoms with Crippen LogP contribution in [0.3, 0.4) is 0 Å². The largest absolute Gasteiger partial charge is 0.497 e. The second-order valence-electron chi connectivity index (χ2n) is 3.33. The molecule has 4 heteroatoms. The number of carbonyl (C=O) groups excluding carboxylic acids is 1. The maximum atomic E-state index is 10.5. The Bertz CT molecular complexity index is 494. The van der Waals surface area contributed by atoms with Gasteiger partial charge < -0.3 is 4.74 Å². The zero-order valence-electron chi connectivity index (χ0n) is 9.29. The molecule has 1 heterocycles. The molecule has 0 N–H and O–H groups in total. The van der Waals surface area contributed by atoms with Crippen molar-refractivity contribution in [2.45, 2.75) is 9.92 Å². The maximum Gasteiger partial charge on any atom is 0.151 e. The molecule has 17 heavy (non-hydrogen) atoms. The van der Waals surface area contributed by atoms with Gasteiger partial charge in [0.1, 0.15) is 10.8 Å². The number of aldehydes is 1. The van der Waals surface area contributed by atoms with Gasteiger partial charge in [-0.3, -0.25) is 4.79 Å². The van der Waals surface area contributed by atoms with Gasteiger partial charge in [-0.15, -0.1) is 0 Å². The first-order valence-corrected chi connectivity index (χ1v) is 5.86. The molecule has 0 aliphatic carbocycles. The molecule has 86 valence electrons. The predicted molar refractivity (Wildman–Crippen MR) is 66.7 cm³/mol. The highest BCUT2D eigenvalue weighted by Crippen LogP contribution is 2.27. The molecule has 1 aromatic carbocycles. The van der Waals surface area contributed by atoms with Crippen LogP contribution in [-0.2, 0) is 0 Å². The number of nitrogens with zero attached hydrogens (tertiary/aromatic N) is 1. The van der Waals surface area contributed by atoms with Crippen LogP contribution in [0.1, 0.15) is 10.4 Å². The van der Waals surface area contributed by atoms with Crippen LogP contribution < -0.4 is 4.74 Å². The molecule has 0 saturated heterocycles. The molecule has 0 fully saturated rings. The summed E-state index contributed by atoms with van der Waals surface area (Å²) in [6.45, 7) is 0. The van der Waals surface area contributed by atoms with Crippen molar-refractivity contribution in [2.24, 2.45) is 0 Å². The second kappa shape index (κ2) is 5.50. The lowest BCUT2D eigenvalue weighted by Crippen LogP contribution is -1.85. The first-order valence-electron chi connectivity index (χ1n) is 5.05. The van der Waals surface area contributed by atoms with Crippen LogP contribution in [-0.4, -0.2) is 18.4 Å². The summed E-state index contributed by atoms with van der Waals surface area (Å²) in [5, 5.41) is 0.862. The van der Waals surface area contributed by atoms with Crippen molar-refractivity contribution in [3.05, 3.63) is 48.2 Å². The van der Waals surface area contributed by atoms with Gasteiger partial charge in [-0.2, -0.15) is 0 Å². The normalized spacial score (nSPS) is 9.94. The smallest absolute Gasteiger partial charge is 0.151 e. The van der Waals surface area contributed by atoms with E-state index < -0.39 is 0 Å². The van der Waals surface area contributed by atoms with Crippen LogP contribution in [0, 0.1) is 0 Å².